The van der Waals surface area contributed by atoms with Crippen LogP contribution in [0.1, 0.15) is 51.6 Å². The Labute approximate surface area is 116 Å². The van der Waals surface area contributed by atoms with Crippen LogP contribution in [0.3, 0.4) is 0 Å². The molecule has 106 valence electrons. The SMILES string of the molecule is CC(C)NCc1cnc(OCC2CCCCC2)cn1. The van der Waals surface area contributed by atoms with Gasteiger partial charge in [0, 0.05) is 12.6 Å². The van der Waals surface area contributed by atoms with Crippen LogP contribution in [0.2, 0.25) is 0 Å². The van der Waals surface area contributed by atoms with Gasteiger partial charge in [0.25, 0.3) is 0 Å². The minimum atomic E-state index is 0.462. The van der Waals surface area contributed by atoms with Crippen LogP contribution in [-0.4, -0.2) is 22.6 Å². The third kappa shape index (κ3) is 5.15. The molecule has 1 saturated carbocycles. The molecule has 19 heavy (non-hydrogen) atoms. The van der Waals surface area contributed by atoms with Crippen molar-refractivity contribution >= 4 is 0 Å². The molecule has 0 aliphatic heterocycles. The minimum Gasteiger partial charge on any atom is -0.476 e. The molecule has 2 rings (SSSR count). The van der Waals surface area contributed by atoms with Crippen molar-refractivity contribution in [2.24, 2.45) is 5.92 Å². The summed E-state index contributed by atoms with van der Waals surface area (Å²) in [4.78, 5) is 8.68. The van der Waals surface area contributed by atoms with Crippen LogP contribution < -0.4 is 10.1 Å². The first-order valence-corrected chi connectivity index (χ1v) is 7.41. The van der Waals surface area contributed by atoms with Gasteiger partial charge in [-0.15, -0.1) is 0 Å². The highest BCUT2D eigenvalue weighted by atomic mass is 16.5. The van der Waals surface area contributed by atoms with Crippen molar-refractivity contribution in [1.82, 2.24) is 15.3 Å². The zero-order valence-electron chi connectivity index (χ0n) is 12.1. The molecule has 4 nitrogen and oxygen atoms in total. The van der Waals surface area contributed by atoms with Crippen molar-refractivity contribution in [3.8, 4) is 5.88 Å². The highest BCUT2D eigenvalue weighted by molar-refractivity contribution is 5.07. The monoisotopic (exact) mass is 263 g/mol. The molecule has 1 aliphatic carbocycles. The zero-order chi connectivity index (χ0) is 13.5. The Balaban J connectivity index is 1.74. The van der Waals surface area contributed by atoms with Crippen LogP contribution in [0, 0.1) is 5.92 Å². The van der Waals surface area contributed by atoms with Crippen molar-refractivity contribution in [3.63, 3.8) is 0 Å². The molecular weight excluding hydrogens is 238 g/mol. The molecule has 0 unspecified atom stereocenters. The Morgan fingerprint density at radius 1 is 1.21 bits per heavy atom. The van der Waals surface area contributed by atoms with E-state index >= 15 is 0 Å². The van der Waals surface area contributed by atoms with Crippen LogP contribution in [0.4, 0.5) is 0 Å². The highest BCUT2D eigenvalue weighted by Gasteiger charge is 2.14. The van der Waals surface area contributed by atoms with Gasteiger partial charge in [-0.05, 0) is 18.8 Å². The summed E-state index contributed by atoms with van der Waals surface area (Å²) in [6.07, 6.45) is 10.2. The average Bonchev–Trinajstić information content (AvgIpc) is 2.45. The summed E-state index contributed by atoms with van der Waals surface area (Å²) in [6.45, 7) is 5.79. The summed E-state index contributed by atoms with van der Waals surface area (Å²) in [5.41, 5.74) is 0.957. The van der Waals surface area contributed by atoms with Crippen molar-refractivity contribution in [1.29, 1.82) is 0 Å². The highest BCUT2D eigenvalue weighted by Crippen LogP contribution is 2.24. The Morgan fingerprint density at radius 3 is 2.63 bits per heavy atom. The number of ether oxygens (including phenoxy) is 1. The molecule has 1 aromatic rings. The maximum Gasteiger partial charge on any atom is 0.232 e. The third-order valence-electron chi connectivity index (χ3n) is 3.56. The average molecular weight is 263 g/mol. The summed E-state index contributed by atoms with van der Waals surface area (Å²) < 4.78 is 5.73. The Bertz CT molecular complexity index is 358. The van der Waals surface area contributed by atoms with E-state index in [1.54, 1.807) is 12.4 Å². The first kappa shape index (κ1) is 14.3. The van der Waals surface area contributed by atoms with Crippen LogP contribution in [0.5, 0.6) is 5.88 Å². The number of rotatable bonds is 6. The summed E-state index contributed by atoms with van der Waals surface area (Å²) in [6, 6.07) is 0.462. The Hall–Kier alpha value is -1.16. The molecule has 0 bridgehead atoms. The third-order valence-corrected chi connectivity index (χ3v) is 3.56. The standard InChI is InChI=1S/C15H25N3O/c1-12(2)16-8-14-9-18-15(10-17-14)19-11-13-6-4-3-5-7-13/h9-10,12-13,16H,3-8,11H2,1-2H3. The van der Waals surface area contributed by atoms with Gasteiger partial charge in [-0.25, -0.2) is 4.98 Å². The molecule has 0 spiro atoms. The predicted molar refractivity (Wildman–Crippen MR) is 76.1 cm³/mol. The molecular formula is C15H25N3O. The number of aromatic nitrogens is 2. The molecule has 0 atom stereocenters. The second kappa shape index (κ2) is 7.43. The quantitative estimate of drug-likeness (QED) is 0.857. The summed E-state index contributed by atoms with van der Waals surface area (Å²) in [5.74, 6) is 1.36. The van der Waals surface area contributed by atoms with E-state index < -0.39 is 0 Å². The van der Waals surface area contributed by atoms with Crippen LogP contribution >= 0.6 is 0 Å². The van der Waals surface area contributed by atoms with Crippen molar-refractivity contribution in [2.45, 2.75) is 58.5 Å². The van der Waals surface area contributed by atoms with Gasteiger partial charge in [-0.3, -0.25) is 4.98 Å². The second-order valence-corrected chi connectivity index (χ2v) is 5.70. The lowest BCUT2D eigenvalue weighted by Crippen LogP contribution is -2.22. The van der Waals surface area contributed by atoms with Gasteiger partial charge in [0.1, 0.15) is 0 Å². The molecule has 1 fully saturated rings. The molecule has 1 N–H and O–H groups in total. The first-order chi connectivity index (χ1) is 9.24. The minimum absolute atomic E-state index is 0.462. The van der Waals surface area contributed by atoms with Crippen molar-refractivity contribution < 1.29 is 4.74 Å². The molecule has 0 radical (unpaired) electrons. The van der Waals surface area contributed by atoms with E-state index in [2.05, 4.69) is 29.1 Å². The number of hydrogen-bond donors (Lipinski definition) is 1. The van der Waals surface area contributed by atoms with Gasteiger partial charge >= 0.3 is 0 Å². The topological polar surface area (TPSA) is 47.0 Å². The van der Waals surface area contributed by atoms with Gasteiger partial charge in [0.05, 0.1) is 24.7 Å². The lowest BCUT2D eigenvalue weighted by Gasteiger charge is -2.21. The molecule has 1 heterocycles. The summed E-state index contributed by atoms with van der Waals surface area (Å²) in [5, 5.41) is 3.32. The number of hydrogen-bond acceptors (Lipinski definition) is 4. The van der Waals surface area contributed by atoms with Gasteiger partial charge in [-0.1, -0.05) is 33.1 Å². The van der Waals surface area contributed by atoms with Crippen molar-refractivity contribution in [3.05, 3.63) is 18.1 Å². The Kier molecular flexibility index (Phi) is 5.58. The smallest absolute Gasteiger partial charge is 0.232 e. The molecule has 0 aromatic carbocycles. The normalized spacial score (nSPS) is 16.8. The first-order valence-electron chi connectivity index (χ1n) is 7.41. The van der Waals surface area contributed by atoms with E-state index in [-0.39, 0.29) is 0 Å². The number of nitrogens with one attached hydrogen (secondary N) is 1. The Morgan fingerprint density at radius 2 is 2.00 bits per heavy atom. The zero-order valence-corrected chi connectivity index (χ0v) is 12.1. The second-order valence-electron chi connectivity index (χ2n) is 5.70. The van der Waals surface area contributed by atoms with Gasteiger partial charge in [0.15, 0.2) is 0 Å². The van der Waals surface area contributed by atoms with Gasteiger partial charge in [-0.2, -0.15) is 0 Å². The van der Waals surface area contributed by atoms with Crippen molar-refractivity contribution in [2.75, 3.05) is 6.61 Å². The lowest BCUT2D eigenvalue weighted by atomic mass is 9.90. The van der Waals surface area contributed by atoms with E-state index in [1.165, 1.54) is 32.1 Å². The van der Waals surface area contributed by atoms with E-state index in [0.717, 1.165) is 18.8 Å². The van der Waals surface area contributed by atoms with E-state index in [4.69, 9.17) is 4.74 Å². The largest absolute Gasteiger partial charge is 0.476 e. The van der Waals surface area contributed by atoms with Crippen LogP contribution in [0.25, 0.3) is 0 Å². The predicted octanol–water partition coefficient (Wildman–Crippen LogP) is 2.93. The molecule has 4 heteroatoms. The maximum atomic E-state index is 5.73. The summed E-state index contributed by atoms with van der Waals surface area (Å²) in [7, 11) is 0. The molecule has 0 amide bonds. The lowest BCUT2D eigenvalue weighted by molar-refractivity contribution is 0.202. The molecule has 1 aliphatic rings. The number of nitrogens with zero attached hydrogens (tertiary/aromatic N) is 2. The molecule has 1 aromatic heterocycles. The van der Waals surface area contributed by atoms with E-state index in [0.29, 0.717) is 17.8 Å². The van der Waals surface area contributed by atoms with E-state index in [9.17, 15) is 0 Å². The fourth-order valence-electron chi connectivity index (χ4n) is 2.37. The van der Waals surface area contributed by atoms with Gasteiger partial charge < -0.3 is 10.1 Å². The molecule has 0 saturated heterocycles. The summed E-state index contributed by atoms with van der Waals surface area (Å²) >= 11 is 0. The maximum absolute atomic E-state index is 5.73. The fourth-order valence-corrected chi connectivity index (χ4v) is 2.37. The van der Waals surface area contributed by atoms with E-state index in [1.807, 2.05) is 0 Å². The van der Waals surface area contributed by atoms with Gasteiger partial charge in [0.2, 0.25) is 5.88 Å². The van der Waals surface area contributed by atoms with Crippen LogP contribution in [-0.2, 0) is 6.54 Å². The van der Waals surface area contributed by atoms with Crippen LogP contribution in [0.15, 0.2) is 12.4 Å². The fraction of sp³-hybridized carbons (Fsp3) is 0.733.